The molecule has 1 aliphatic rings. The first kappa shape index (κ1) is 10.1. The first-order chi connectivity index (χ1) is 7.23. The molecule has 0 spiro atoms. The highest BCUT2D eigenvalue weighted by molar-refractivity contribution is 5.87. The first-order valence-corrected chi connectivity index (χ1v) is 5.17. The van der Waals surface area contributed by atoms with Crippen molar-refractivity contribution in [2.45, 2.75) is 18.9 Å². The number of carbonyl (C=O) groups is 1. The summed E-state index contributed by atoms with van der Waals surface area (Å²) in [6, 6.07) is 3.77. The van der Waals surface area contributed by atoms with Gasteiger partial charge in [0, 0.05) is 18.9 Å². The van der Waals surface area contributed by atoms with E-state index in [1.165, 1.54) is 0 Å². The van der Waals surface area contributed by atoms with Crippen LogP contribution in [0.4, 0.5) is 0 Å². The Morgan fingerprint density at radius 2 is 2.33 bits per heavy atom. The third-order valence-electron chi connectivity index (χ3n) is 2.81. The van der Waals surface area contributed by atoms with Gasteiger partial charge in [-0.05, 0) is 31.5 Å². The van der Waals surface area contributed by atoms with Gasteiger partial charge >= 0.3 is 0 Å². The molecule has 1 aliphatic heterocycles. The average Bonchev–Trinajstić information content (AvgIpc) is 2.44. The lowest BCUT2D eigenvalue weighted by Crippen LogP contribution is -2.50. The SMILES string of the molecule is CC1(c2cccnc2)NCCCNC1=O. The molecule has 15 heavy (non-hydrogen) atoms. The maximum absolute atomic E-state index is 11.9. The Morgan fingerprint density at radius 1 is 1.47 bits per heavy atom. The lowest BCUT2D eigenvalue weighted by atomic mass is 9.92. The van der Waals surface area contributed by atoms with Gasteiger partial charge in [0.15, 0.2) is 0 Å². The minimum absolute atomic E-state index is 0.0213. The number of hydrogen-bond donors (Lipinski definition) is 2. The van der Waals surface area contributed by atoms with Crippen LogP contribution in [-0.4, -0.2) is 24.0 Å². The number of hydrogen-bond acceptors (Lipinski definition) is 3. The molecule has 2 heterocycles. The Hall–Kier alpha value is -1.42. The summed E-state index contributed by atoms with van der Waals surface area (Å²) in [5.41, 5.74) is 0.259. The molecule has 1 unspecified atom stereocenters. The molecule has 0 bridgehead atoms. The molecule has 1 aromatic rings. The Morgan fingerprint density at radius 3 is 3.07 bits per heavy atom. The average molecular weight is 205 g/mol. The van der Waals surface area contributed by atoms with E-state index in [1.807, 2.05) is 19.1 Å². The minimum Gasteiger partial charge on any atom is -0.354 e. The second-order valence-electron chi connectivity index (χ2n) is 3.90. The fraction of sp³-hybridized carbons (Fsp3) is 0.455. The second-order valence-corrected chi connectivity index (χ2v) is 3.90. The van der Waals surface area contributed by atoms with Gasteiger partial charge in [-0.15, -0.1) is 0 Å². The normalized spacial score (nSPS) is 26.9. The summed E-state index contributed by atoms with van der Waals surface area (Å²) in [5.74, 6) is 0.0213. The molecular weight excluding hydrogens is 190 g/mol. The summed E-state index contributed by atoms with van der Waals surface area (Å²) in [6.45, 7) is 3.47. The van der Waals surface area contributed by atoms with Crippen molar-refractivity contribution in [3.05, 3.63) is 30.1 Å². The number of carbonyl (C=O) groups excluding carboxylic acids is 1. The van der Waals surface area contributed by atoms with Crippen molar-refractivity contribution in [2.24, 2.45) is 0 Å². The summed E-state index contributed by atoms with van der Waals surface area (Å²) in [5, 5.41) is 6.18. The standard InChI is InChI=1S/C11H15N3O/c1-11(9-4-2-5-12-8-9)10(15)13-6-3-7-14-11/h2,4-5,8,14H,3,6-7H2,1H3,(H,13,15). The zero-order valence-corrected chi connectivity index (χ0v) is 8.79. The van der Waals surface area contributed by atoms with Crippen LogP contribution in [0.15, 0.2) is 24.5 Å². The molecule has 1 saturated heterocycles. The van der Waals surface area contributed by atoms with E-state index in [1.54, 1.807) is 12.4 Å². The van der Waals surface area contributed by atoms with E-state index in [2.05, 4.69) is 15.6 Å². The summed E-state index contributed by atoms with van der Waals surface area (Å²) in [7, 11) is 0. The Balaban J connectivity index is 2.34. The van der Waals surface area contributed by atoms with Crippen molar-refractivity contribution in [1.82, 2.24) is 15.6 Å². The largest absolute Gasteiger partial charge is 0.354 e. The van der Waals surface area contributed by atoms with Crippen LogP contribution >= 0.6 is 0 Å². The van der Waals surface area contributed by atoms with Crippen molar-refractivity contribution in [1.29, 1.82) is 0 Å². The van der Waals surface area contributed by atoms with Crippen molar-refractivity contribution in [3.63, 3.8) is 0 Å². The first-order valence-electron chi connectivity index (χ1n) is 5.17. The molecule has 0 saturated carbocycles. The van der Waals surface area contributed by atoms with Crippen molar-refractivity contribution >= 4 is 5.91 Å². The fourth-order valence-electron chi connectivity index (χ4n) is 1.78. The molecule has 4 nitrogen and oxygen atoms in total. The van der Waals surface area contributed by atoms with Gasteiger partial charge in [-0.3, -0.25) is 15.1 Å². The van der Waals surface area contributed by atoms with Gasteiger partial charge in [-0.25, -0.2) is 0 Å². The molecule has 1 amide bonds. The summed E-state index contributed by atoms with van der Waals surface area (Å²) >= 11 is 0. The van der Waals surface area contributed by atoms with Gasteiger partial charge < -0.3 is 5.32 Å². The smallest absolute Gasteiger partial charge is 0.244 e. The van der Waals surface area contributed by atoms with Crippen molar-refractivity contribution in [2.75, 3.05) is 13.1 Å². The topological polar surface area (TPSA) is 54.0 Å². The molecular formula is C11H15N3O. The lowest BCUT2D eigenvalue weighted by Gasteiger charge is -2.27. The van der Waals surface area contributed by atoms with Gasteiger partial charge in [0.25, 0.3) is 0 Å². The van der Waals surface area contributed by atoms with Crippen molar-refractivity contribution < 1.29 is 4.79 Å². The third-order valence-corrected chi connectivity index (χ3v) is 2.81. The molecule has 0 radical (unpaired) electrons. The highest BCUT2D eigenvalue weighted by Gasteiger charge is 2.35. The Labute approximate surface area is 89.1 Å². The number of nitrogens with zero attached hydrogens (tertiary/aromatic N) is 1. The van der Waals surface area contributed by atoms with E-state index in [9.17, 15) is 4.79 Å². The van der Waals surface area contributed by atoms with Gasteiger partial charge in [0.05, 0.1) is 0 Å². The molecule has 2 rings (SSSR count). The van der Waals surface area contributed by atoms with E-state index in [4.69, 9.17) is 0 Å². The third kappa shape index (κ3) is 1.85. The molecule has 80 valence electrons. The Kier molecular flexibility index (Phi) is 2.68. The monoisotopic (exact) mass is 205 g/mol. The number of nitrogens with one attached hydrogen (secondary N) is 2. The van der Waals surface area contributed by atoms with Crippen LogP contribution in [0.3, 0.4) is 0 Å². The van der Waals surface area contributed by atoms with E-state index in [-0.39, 0.29) is 5.91 Å². The fourth-order valence-corrected chi connectivity index (χ4v) is 1.78. The maximum atomic E-state index is 11.9. The number of amides is 1. The van der Waals surface area contributed by atoms with Crippen LogP contribution in [-0.2, 0) is 10.3 Å². The van der Waals surface area contributed by atoms with Gasteiger partial charge in [-0.2, -0.15) is 0 Å². The highest BCUT2D eigenvalue weighted by Crippen LogP contribution is 2.21. The molecule has 2 N–H and O–H groups in total. The maximum Gasteiger partial charge on any atom is 0.244 e. The molecule has 1 atom stereocenters. The second kappa shape index (κ2) is 3.98. The summed E-state index contributed by atoms with van der Waals surface area (Å²) in [4.78, 5) is 16.0. The van der Waals surface area contributed by atoms with Crippen LogP contribution in [0.25, 0.3) is 0 Å². The van der Waals surface area contributed by atoms with Crippen LogP contribution < -0.4 is 10.6 Å². The van der Waals surface area contributed by atoms with Crippen molar-refractivity contribution in [3.8, 4) is 0 Å². The molecule has 4 heteroatoms. The van der Waals surface area contributed by atoms with Crippen LogP contribution in [0.5, 0.6) is 0 Å². The van der Waals surface area contributed by atoms with E-state index < -0.39 is 5.54 Å². The summed E-state index contributed by atoms with van der Waals surface area (Å²) in [6.07, 6.45) is 4.40. The highest BCUT2D eigenvalue weighted by atomic mass is 16.2. The molecule has 1 fully saturated rings. The van der Waals surface area contributed by atoms with Crippen LogP contribution in [0.1, 0.15) is 18.9 Å². The van der Waals surface area contributed by atoms with Gasteiger partial charge in [0.1, 0.15) is 5.54 Å². The quantitative estimate of drug-likeness (QED) is 0.698. The predicted molar refractivity (Wildman–Crippen MR) is 57.2 cm³/mol. The van der Waals surface area contributed by atoms with E-state index in [0.717, 1.165) is 25.1 Å². The number of rotatable bonds is 1. The van der Waals surface area contributed by atoms with Crippen LogP contribution in [0.2, 0.25) is 0 Å². The minimum atomic E-state index is -0.648. The zero-order valence-electron chi connectivity index (χ0n) is 8.79. The van der Waals surface area contributed by atoms with Crippen LogP contribution in [0, 0.1) is 0 Å². The van der Waals surface area contributed by atoms with Gasteiger partial charge in [-0.1, -0.05) is 6.07 Å². The number of pyridine rings is 1. The molecule has 1 aromatic heterocycles. The van der Waals surface area contributed by atoms with E-state index in [0.29, 0.717) is 0 Å². The lowest BCUT2D eigenvalue weighted by molar-refractivity contribution is -0.126. The molecule has 0 aromatic carbocycles. The number of aromatic nitrogens is 1. The zero-order chi connectivity index (χ0) is 10.7. The molecule has 0 aliphatic carbocycles. The van der Waals surface area contributed by atoms with E-state index >= 15 is 0 Å². The summed E-state index contributed by atoms with van der Waals surface area (Å²) < 4.78 is 0. The van der Waals surface area contributed by atoms with Gasteiger partial charge in [0.2, 0.25) is 5.91 Å². The Bertz CT molecular complexity index is 352. The predicted octanol–water partition coefficient (Wildman–Crippen LogP) is 0.406.